The standard InChI is InChI=1S/C11H20N2O2/c1-12(2)11(10(14)15)5-7-13(8-6-11)9-3-4-9/h9H,3-8H2,1-2H3,(H,14,15). The smallest absolute Gasteiger partial charge is 0.324 e. The molecule has 0 aromatic carbocycles. The largest absolute Gasteiger partial charge is 0.480 e. The molecule has 4 heteroatoms. The van der Waals surface area contributed by atoms with Gasteiger partial charge in [0.1, 0.15) is 5.54 Å². The maximum atomic E-state index is 11.3. The van der Waals surface area contributed by atoms with Gasteiger partial charge in [0.2, 0.25) is 0 Å². The monoisotopic (exact) mass is 212 g/mol. The summed E-state index contributed by atoms with van der Waals surface area (Å²) in [6.45, 7) is 1.88. The van der Waals surface area contributed by atoms with Crippen molar-refractivity contribution < 1.29 is 9.90 Å². The summed E-state index contributed by atoms with van der Waals surface area (Å²) in [5.74, 6) is -0.664. The molecule has 1 saturated carbocycles. The highest BCUT2D eigenvalue weighted by atomic mass is 16.4. The number of hydrogen-bond donors (Lipinski definition) is 1. The molecule has 1 aliphatic heterocycles. The van der Waals surface area contributed by atoms with Crippen molar-refractivity contribution >= 4 is 5.97 Å². The Bertz CT molecular complexity index is 253. The van der Waals surface area contributed by atoms with Gasteiger partial charge in [-0.2, -0.15) is 0 Å². The number of likely N-dealkylation sites (N-methyl/N-ethyl adjacent to an activating group) is 1. The SMILES string of the molecule is CN(C)C1(C(=O)O)CCN(C2CC2)CC1. The number of likely N-dealkylation sites (tertiary alicyclic amines) is 1. The van der Waals surface area contributed by atoms with E-state index in [1.165, 1.54) is 12.8 Å². The lowest BCUT2D eigenvalue weighted by atomic mass is 9.86. The molecule has 0 radical (unpaired) electrons. The highest BCUT2D eigenvalue weighted by Crippen LogP contribution is 2.34. The molecule has 0 atom stereocenters. The number of carboxylic acid groups (broad SMARTS) is 1. The molecule has 2 rings (SSSR count). The molecule has 0 aromatic heterocycles. The molecule has 0 amide bonds. The molecule has 1 aliphatic carbocycles. The molecule has 86 valence electrons. The maximum absolute atomic E-state index is 11.3. The minimum atomic E-state index is -0.664. The van der Waals surface area contributed by atoms with Gasteiger partial charge in [0.25, 0.3) is 0 Å². The Labute approximate surface area is 90.9 Å². The van der Waals surface area contributed by atoms with E-state index in [0.29, 0.717) is 0 Å². The number of hydrogen-bond acceptors (Lipinski definition) is 3. The predicted octanol–water partition coefficient (Wildman–Crippen LogP) is 0.630. The summed E-state index contributed by atoms with van der Waals surface area (Å²) in [6, 6.07) is 0.763. The van der Waals surface area contributed by atoms with Gasteiger partial charge in [-0.3, -0.25) is 9.69 Å². The number of piperidine rings is 1. The molecular formula is C11H20N2O2. The Morgan fingerprint density at radius 3 is 2.20 bits per heavy atom. The predicted molar refractivity (Wildman–Crippen MR) is 57.9 cm³/mol. The normalized spacial score (nSPS) is 26.9. The van der Waals surface area contributed by atoms with Gasteiger partial charge in [-0.15, -0.1) is 0 Å². The second kappa shape index (κ2) is 3.76. The van der Waals surface area contributed by atoms with Crippen LogP contribution in [0.4, 0.5) is 0 Å². The molecule has 15 heavy (non-hydrogen) atoms. The Balaban J connectivity index is 2.01. The van der Waals surface area contributed by atoms with E-state index in [4.69, 9.17) is 0 Å². The van der Waals surface area contributed by atoms with Crippen LogP contribution in [-0.4, -0.2) is 59.6 Å². The molecule has 2 fully saturated rings. The Morgan fingerprint density at radius 2 is 1.87 bits per heavy atom. The van der Waals surface area contributed by atoms with Crippen LogP contribution in [0.15, 0.2) is 0 Å². The molecule has 4 nitrogen and oxygen atoms in total. The number of rotatable bonds is 3. The fraction of sp³-hybridized carbons (Fsp3) is 0.909. The van der Waals surface area contributed by atoms with Gasteiger partial charge in [-0.25, -0.2) is 0 Å². The second-order valence-electron chi connectivity index (χ2n) is 5.00. The van der Waals surface area contributed by atoms with Gasteiger partial charge >= 0.3 is 5.97 Å². The molecule has 0 unspecified atom stereocenters. The van der Waals surface area contributed by atoms with Gasteiger partial charge < -0.3 is 10.0 Å². The molecular weight excluding hydrogens is 192 g/mol. The summed E-state index contributed by atoms with van der Waals surface area (Å²) in [4.78, 5) is 15.7. The van der Waals surface area contributed by atoms with Crippen LogP contribution < -0.4 is 0 Å². The quantitative estimate of drug-likeness (QED) is 0.745. The Hall–Kier alpha value is -0.610. The summed E-state index contributed by atoms with van der Waals surface area (Å²) in [7, 11) is 3.75. The van der Waals surface area contributed by atoms with Crippen molar-refractivity contribution in [3.05, 3.63) is 0 Å². The van der Waals surface area contributed by atoms with Crippen molar-refractivity contribution in [2.75, 3.05) is 27.2 Å². The molecule has 0 spiro atoms. The van der Waals surface area contributed by atoms with E-state index in [9.17, 15) is 9.90 Å². The van der Waals surface area contributed by atoms with Crippen LogP contribution in [0, 0.1) is 0 Å². The molecule has 1 N–H and O–H groups in total. The van der Waals surface area contributed by atoms with E-state index in [0.717, 1.165) is 32.0 Å². The fourth-order valence-corrected chi connectivity index (χ4v) is 2.55. The molecule has 0 aromatic rings. The van der Waals surface area contributed by atoms with E-state index in [2.05, 4.69) is 4.90 Å². The Morgan fingerprint density at radius 1 is 1.33 bits per heavy atom. The number of aliphatic carboxylic acids is 1. The van der Waals surface area contributed by atoms with E-state index in [1.807, 2.05) is 19.0 Å². The first-order valence-corrected chi connectivity index (χ1v) is 5.71. The number of carbonyl (C=O) groups is 1. The first-order chi connectivity index (χ1) is 7.06. The van der Waals surface area contributed by atoms with Crippen molar-refractivity contribution in [2.24, 2.45) is 0 Å². The van der Waals surface area contributed by atoms with Crippen LogP contribution in [0.25, 0.3) is 0 Å². The lowest BCUT2D eigenvalue weighted by molar-refractivity contribution is -0.153. The number of carboxylic acids is 1. The van der Waals surface area contributed by atoms with Crippen LogP contribution in [0.1, 0.15) is 25.7 Å². The van der Waals surface area contributed by atoms with E-state index in [1.54, 1.807) is 0 Å². The summed E-state index contributed by atoms with van der Waals surface area (Å²) in [6.07, 6.45) is 4.13. The average Bonchev–Trinajstić information content (AvgIpc) is 3.00. The lowest BCUT2D eigenvalue weighted by Gasteiger charge is -2.43. The van der Waals surface area contributed by atoms with E-state index in [-0.39, 0.29) is 0 Å². The van der Waals surface area contributed by atoms with Crippen molar-refractivity contribution in [3.63, 3.8) is 0 Å². The molecule has 1 heterocycles. The third kappa shape index (κ3) is 1.88. The second-order valence-corrected chi connectivity index (χ2v) is 5.00. The van der Waals surface area contributed by atoms with Gasteiger partial charge in [-0.1, -0.05) is 0 Å². The first-order valence-electron chi connectivity index (χ1n) is 5.71. The minimum absolute atomic E-state index is 0.620. The summed E-state index contributed by atoms with van der Waals surface area (Å²) >= 11 is 0. The van der Waals surface area contributed by atoms with Gasteiger partial charge in [0, 0.05) is 19.1 Å². The topological polar surface area (TPSA) is 43.8 Å². The highest BCUT2D eigenvalue weighted by Gasteiger charge is 2.45. The molecule has 0 bridgehead atoms. The highest BCUT2D eigenvalue weighted by molar-refractivity contribution is 5.79. The third-order valence-electron chi connectivity index (χ3n) is 3.94. The van der Waals surface area contributed by atoms with Gasteiger partial charge in [0.15, 0.2) is 0 Å². The molecule has 1 saturated heterocycles. The summed E-state index contributed by atoms with van der Waals surface area (Å²) in [5.41, 5.74) is -0.620. The maximum Gasteiger partial charge on any atom is 0.324 e. The van der Waals surface area contributed by atoms with Crippen molar-refractivity contribution in [1.29, 1.82) is 0 Å². The zero-order chi connectivity index (χ0) is 11.1. The first kappa shape index (κ1) is 10.9. The minimum Gasteiger partial charge on any atom is -0.480 e. The van der Waals surface area contributed by atoms with Crippen LogP contribution in [0.5, 0.6) is 0 Å². The van der Waals surface area contributed by atoms with Crippen LogP contribution in [0.3, 0.4) is 0 Å². The third-order valence-corrected chi connectivity index (χ3v) is 3.94. The number of nitrogens with zero attached hydrogens (tertiary/aromatic N) is 2. The average molecular weight is 212 g/mol. The van der Waals surface area contributed by atoms with Crippen LogP contribution in [-0.2, 0) is 4.79 Å². The Kier molecular flexibility index (Phi) is 2.73. The van der Waals surface area contributed by atoms with Gasteiger partial charge in [-0.05, 0) is 39.8 Å². The van der Waals surface area contributed by atoms with Crippen LogP contribution >= 0.6 is 0 Å². The molecule has 2 aliphatic rings. The fourth-order valence-electron chi connectivity index (χ4n) is 2.55. The van der Waals surface area contributed by atoms with E-state index < -0.39 is 11.5 Å². The van der Waals surface area contributed by atoms with Crippen LogP contribution in [0.2, 0.25) is 0 Å². The van der Waals surface area contributed by atoms with Crippen molar-refractivity contribution in [2.45, 2.75) is 37.3 Å². The van der Waals surface area contributed by atoms with Crippen molar-refractivity contribution in [1.82, 2.24) is 9.80 Å². The zero-order valence-electron chi connectivity index (χ0n) is 9.57. The van der Waals surface area contributed by atoms with Gasteiger partial charge in [0.05, 0.1) is 0 Å². The summed E-state index contributed by atoms with van der Waals surface area (Å²) < 4.78 is 0. The summed E-state index contributed by atoms with van der Waals surface area (Å²) in [5, 5.41) is 9.34. The zero-order valence-corrected chi connectivity index (χ0v) is 9.57. The lowest BCUT2D eigenvalue weighted by Crippen LogP contribution is -2.57. The van der Waals surface area contributed by atoms with Crippen molar-refractivity contribution in [3.8, 4) is 0 Å². The van der Waals surface area contributed by atoms with E-state index >= 15 is 0 Å².